The smallest absolute Gasteiger partial charge is 0.344 e. The molecule has 26 heavy (non-hydrogen) atoms. The Bertz CT molecular complexity index is 814. The standard InChI is InChI=1S/C20H19FO5/c1-3-6-14-9-10-18(19(11-14)24-2)25-13-20(23)26-12-17(22)15-7-4-5-8-16(15)21/h3-11H,12-13H2,1-2H3/b6-3+. The van der Waals surface area contributed by atoms with Crippen molar-refractivity contribution >= 4 is 17.8 Å². The Morgan fingerprint density at radius 1 is 1.08 bits per heavy atom. The minimum Gasteiger partial charge on any atom is -0.493 e. The Hall–Kier alpha value is -3.15. The van der Waals surface area contributed by atoms with Gasteiger partial charge in [0.15, 0.2) is 24.7 Å². The molecule has 0 heterocycles. The van der Waals surface area contributed by atoms with Gasteiger partial charge in [0, 0.05) is 0 Å². The van der Waals surface area contributed by atoms with Crippen LogP contribution in [0, 0.1) is 5.82 Å². The summed E-state index contributed by atoms with van der Waals surface area (Å²) in [5, 5.41) is 0. The number of hydrogen-bond acceptors (Lipinski definition) is 5. The topological polar surface area (TPSA) is 61.8 Å². The molecule has 0 aromatic heterocycles. The van der Waals surface area contributed by atoms with Crippen LogP contribution in [0.15, 0.2) is 48.5 Å². The molecular formula is C20H19FO5. The largest absolute Gasteiger partial charge is 0.493 e. The van der Waals surface area contributed by atoms with Crippen LogP contribution in [0.2, 0.25) is 0 Å². The summed E-state index contributed by atoms with van der Waals surface area (Å²) in [5.74, 6) is -1.18. The van der Waals surface area contributed by atoms with Gasteiger partial charge in [0.2, 0.25) is 5.78 Å². The van der Waals surface area contributed by atoms with Crippen molar-refractivity contribution in [1.82, 2.24) is 0 Å². The maximum Gasteiger partial charge on any atom is 0.344 e. The molecule has 136 valence electrons. The van der Waals surface area contributed by atoms with Crippen molar-refractivity contribution in [1.29, 1.82) is 0 Å². The molecule has 0 saturated heterocycles. The van der Waals surface area contributed by atoms with Crippen LogP contribution in [0.5, 0.6) is 11.5 Å². The summed E-state index contributed by atoms with van der Waals surface area (Å²) < 4.78 is 28.9. The van der Waals surface area contributed by atoms with Gasteiger partial charge in [0.25, 0.3) is 0 Å². The summed E-state index contributed by atoms with van der Waals surface area (Å²) in [6.07, 6.45) is 3.79. The number of hydrogen-bond donors (Lipinski definition) is 0. The van der Waals surface area contributed by atoms with Crippen molar-refractivity contribution in [2.75, 3.05) is 20.3 Å². The summed E-state index contributed by atoms with van der Waals surface area (Å²) in [6.45, 7) is 0.944. The molecule has 5 nitrogen and oxygen atoms in total. The number of carbonyl (C=O) groups excluding carboxylic acids is 2. The molecule has 6 heteroatoms. The summed E-state index contributed by atoms with van der Waals surface area (Å²) in [5.41, 5.74) is 0.803. The van der Waals surface area contributed by atoms with Gasteiger partial charge in [-0.3, -0.25) is 4.79 Å². The number of Topliss-reactive ketones (excluding diaryl/α,β-unsaturated/α-hetero) is 1. The van der Waals surface area contributed by atoms with E-state index in [1.54, 1.807) is 12.1 Å². The molecule has 2 aromatic rings. The fourth-order valence-corrected chi connectivity index (χ4v) is 2.19. The van der Waals surface area contributed by atoms with Crippen LogP contribution in [0.3, 0.4) is 0 Å². The molecule has 0 radical (unpaired) electrons. The average molecular weight is 358 g/mol. The van der Waals surface area contributed by atoms with Crippen LogP contribution in [0.1, 0.15) is 22.8 Å². The molecule has 0 aliphatic heterocycles. The maximum atomic E-state index is 13.5. The molecule has 0 bridgehead atoms. The average Bonchev–Trinajstić information content (AvgIpc) is 2.65. The van der Waals surface area contributed by atoms with Crippen LogP contribution in [0.25, 0.3) is 6.08 Å². The number of ketones is 1. The van der Waals surface area contributed by atoms with Crippen molar-refractivity contribution < 1.29 is 28.2 Å². The second-order valence-electron chi connectivity index (χ2n) is 5.26. The SMILES string of the molecule is C/C=C/c1ccc(OCC(=O)OCC(=O)c2ccccc2F)c(OC)c1. The van der Waals surface area contributed by atoms with E-state index in [1.165, 1.54) is 31.4 Å². The Morgan fingerprint density at radius 2 is 1.85 bits per heavy atom. The second-order valence-corrected chi connectivity index (χ2v) is 5.26. The van der Waals surface area contributed by atoms with Crippen LogP contribution >= 0.6 is 0 Å². The number of allylic oxidation sites excluding steroid dienone is 1. The first-order valence-corrected chi connectivity index (χ1v) is 7.92. The lowest BCUT2D eigenvalue weighted by Gasteiger charge is -2.11. The molecule has 2 rings (SSSR count). The van der Waals surface area contributed by atoms with E-state index < -0.39 is 30.8 Å². The number of rotatable bonds is 8. The van der Waals surface area contributed by atoms with E-state index in [2.05, 4.69) is 0 Å². The fourth-order valence-electron chi connectivity index (χ4n) is 2.19. The van der Waals surface area contributed by atoms with Crippen LogP contribution in [-0.2, 0) is 9.53 Å². The van der Waals surface area contributed by atoms with Gasteiger partial charge in [0.05, 0.1) is 12.7 Å². The van der Waals surface area contributed by atoms with E-state index in [0.717, 1.165) is 5.56 Å². The van der Waals surface area contributed by atoms with E-state index in [0.29, 0.717) is 11.5 Å². The highest BCUT2D eigenvalue weighted by Crippen LogP contribution is 2.28. The number of halogens is 1. The lowest BCUT2D eigenvalue weighted by atomic mass is 10.1. The molecule has 0 atom stereocenters. The van der Waals surface area contributed by atoms with E-state index in [9.17, 15) is 14.0 Å². The zero-order valence-corrected chi connectivity index (χ0v) is 14.5. The van der Waals surface area contributed by atoms with Gasteiger partial charge in [0.1, 0.15) is 5.82 Å². The van der Waals surface area contributed by atoms with E-state index in [-0.39, 0.29) is 5.56 Å². The van der Waals surface area contributed by atoms with Crippen molar-refractivity contribution in [3.63, 3.8) is 0 Å². The first-order chi connectivity index (χ1) is 12.5. The summed E-state index contributed by atoms with van der Waals surface area (Å²) >= 11 is 0. The van der Waals surface area contributed by atoms with Gasteiger partial charge in [-0.05, 0) is 36.8 Å². The molecule has 0 amide bonds. The Labute approximate surface area is 151 Å². The van der Waals surface area contributed by atoms with Gasteiger partial charge in [-0.1, -0.05) is 30.4 Å². The number of benzene rings is 2. The molecule has 0 spiro atoms. The normalized spacial score (nSPS) is 10.6. The molecule has 0 aliphatic rings. The lowest BCUT2D eigenvalue weighted by molar-refractivity contribution is -0.144. The van der Waals surface area contributed by atoms with Gasteiger partial charge >= 0.3 is 5.97 Å². The van der Waals surface area contributed by atoms with Crippen molar-refractivity contribution in [3.05, 3.63) is 65.5 Å². The van der Waals surface area contributed by atoms with Gasteiger partial charge in [-0.25, -0.2) is 9.18 Å². The van der Waals surface area contributed by atoms with Gasteiger partial charge in [-0.2, -0.15) is 0 Å². The lowest BCUT2D eigenvalue weighted by Crippen LogP contribution is -2.20. The minimum atomic E-state index is -0.741. The highest BCUT2D eigenvalue weighted by atomic mass is 19.1. The molecule has 0 aliphatic carbocycles. The number of ether oxygens (including phenoxy) is 3. The molecule has 0 fully saturated rings. The van der Waals surface area contributed by atoms with Crippen LogP contribution in [0.4, 0.5) is 4.39 Å². The zero-order valence-electron chi connectivity index (χ0n) is 14.5. The Balaban J connectivity index is 1.89. The van der Waals surface area contributed by atoms with Crippen molar-refractivity contribution in [2.24, 2.45) is 0 Å². The first kappa shape index (κ1) is 19.2. The molecule has 2 aromatic carbocycles. The highest BCUT2D eigenvalue weighted by molar-refractivity contribution is 5.98. The fraction of sp³-hybridized carbons (Fsp3) is 0.200. The van der Waals surface area contributed by atoms with E-state index >= 15 is 0 Å². The summed E-state index contributed by atoms with van der Waals surface area (Å²) in [6, 6.07) is 10.8. The summed E-state index contributed by atoms with van der Waals surface area (Å²) in [4.78, 5) is 23.6. The number of methoxy groups -OCH3 is 1. The Morgan fingerprint density at radius 3 is 2.54 bits per heavy atom. The molecule has 0 unspecified atom stereocenters. The van der Waals surface area contributed by atoms with Gasteiger partial charge < -0.3 is 14.2 Å². The highest BCUT2D eigenvalue weighted by Gasteiger charge is 2.14. The molecular weight excluding hydrogens is 339 g/mol. The predicted molar refractivity (Wildman–Crippen MR) is 94.9 cm³/mol. The van der Waals surface area contributed by atoms with Crippen molar-refractivity contribution in [2.45, 2.75) is 6.92 Å². The third-order valence-corrected chi connectivity index (χ3v) is 3.43. The number of esters is 1. The third kappa shape index (κ3) is 5.17. The predicted octanol–water partition coefficient (Wildman–Crippen LogP) is 3.67. The van der Waals surface area contributed by atoms with Crippen LogP contribution in [-0.4, -0.2) is 32.1 Å². The van der Waals surface area contributed by atoms with E-state index in [4.69, 9.17) is 14.2 Å². The summed E-state index contributed by atoms with van der Waals surface area (Å²) in [7, 11) is 1.49. The Kier molecular flexibility index (Phi) is 6.91. The minimum absolute atomic E-state index is 0.123. The zero-order chi connectivity index (χ0) is 18.9. The molecule has 0 N–H and O–H groups in total. The number of carbonyl (C=O) groups is 2. The monoisotopic (exact) mass is 358 g/mol. The third-order valence-electron chi connectivity index (χ3n) is 3.43. The van der Waals surface area contributed by atoms with Gasteiger partial charge in [-0.15, -0.1) is 0 Å². The molecule has 0 saturated carbocycles. The quantitative estimate of drug-likeness (QED) is 0.532. The van der Waals surface area contributed by atoms with Crippen molar-refractivity contribution in [3.8, 4) is 11.5 Å². The first-order valence-electron chi connectivity index (χ1n) is 7.92. The maximum absolute atomic E-state index is 13.5. The second kappa shape index (κ2) is 9.36. The van der Waals surface area contributed by atoms with E-state index in [1.807, 2.05) is 25.1 Å². The van der Waals surface area contributed by atoms with Crippen LogP contribution < -0.4 is 9.47 Å².